The monoisotopic (exact) mass is 224 g/mol. The molecule has 80 valence electrons. The maximum atomic E-state index is 12.1. The Labute approximate surface area is 84.0 Å². The molecular weight excluding hydrogens is 213 g/mol. The van der Waals surface area contributed by atoms with Crippen LogP contribution in [0.4, 0.5) is 13.2 Å². The third-order valence-electron chi connectivity index (χ3n) is 1.75. The van der Waals surface area contributed by atoms with Crippen molar-refractivity contribution in [1.82, 2.24) is 4.98 Å². The molecule has 0 aliphatic carbocycles. The maximum Gasteiger partial charge on any atom is 0.443 e. The predicted octanol–water partition coefficient (Wildman–Crippen LogP) is 2.30. The summed E-state index contributed by atoms with van der Waals surface area (Å²) in [4.78, 5) is 3.96. The number of nitrogens with two attached hydrogens (primary N) is 1. The summed E-state index contributed by atoms with van der Waals surface area (Å²) in [6, 6.07) is 0. The van der Waals surface area contributed by atoms with Crippen LogP contribution in [0.15, 0.2) is 6.20 Å². The fourth-order valence-electron chi connectivity index (χ4n) is 0.960. The molecule has 0 aliphatic rings. The molecule has 0 aromatic carbocycles. The zero-order valence-corrected chi connectivity index (χ0v) is 8.45. The van der Waals surface area contributed by atoms with Crippen molar-refractivity contribution in [2.75, 3.05) is 6.54 Å². The first-order valence-corrected chi connectivity index (χ1v) is 4.97. The lowest BCUT2D eigenvalue weighted by molar-refractivity contribution is -0.137. The minimum atomic E-state index is -4.32. The van der Waals surface area contributed by atoms with Gasteiger partial charge in [-0.15, -0.1) is 11.3 Å². The molecule has 0 amide bonds. The lowest BCUT2D eigenvalue weighted by Gasteiger charge is -2.04. The molecular formula is C8H11F3N2S. The van der Waals surface area contributed by atoms with E-state index in [2.05, 4.69) is 4.98 Å². The molecule has 6 heteroatoms. The van der Waals surface area contributed by atoms with Gasteiger partial charge in [-0.2, -0.15) is 13.2 Å². The number of halogens is 3. The molecule has 0 bridgehead atoms. The third-order valence-corrected chi connectivity index (χ3v) is 2.81. The Morgan fingerprint density at radius 1 is 1.57 bits per heavy atom. The summed E-state index contributed by atoms with van der Waals surface area (Å²) in [5.74, 6) is 0.191. The van der Waals surface area contributed by atoms with E-state index in [1.165, 1.54) is 6.20 Å². The normalized spacial score (nSPS) is 14.4. The van der Waals surface area contributed by atoms with Gasteiger partial charge in [0.2, 0.25) is 0 Å². The highest BCUT2D eigenvalue weighted by atomic mass is 32.1. The minimum absolute atomic E-state index is 0.191. The van der Waals surface area contributed by atoms with Gasteiger partial charge in [0.25, 0.3) is 0 Å². The van der Waals surface area contributed by atoms with Gasteiger partial charge in [0.1, 0.15) is 0 Å². The van der Waals surface area contributed by atoms with Crippen LogP contribution in [0.3, 0.4) is 0 Å². The van der Waals surface area contributed by atoms with Crippen molar-refractivity contribution in [2.24, 2.45) is 11.7 Å². The fourth-order valence-corrected chi connectivity index (χ4v) is 1.90. The second kappa shape index (κ2) is 4.27. The lowest BCUT2D eigenvalue weighted by Crippen LogP contribution is -2.12. The van der Waals surface area contributed by atoms with Gasteiger partial charge in [-0.05, 0) is 18.9 Å². The molecule has 2 nitrogen and oxygen atoms in total. The van der Waals surface area contributed by atoms with Gasteiger partial charge in [-0.3, -0.25) is 0 Å². The number of hydrogen-bond acceptors (Lipinski definition) is 3. The Kier molecular flexibility index (Phi) is 3.49. The van der Waals surface area contributed by atoms with Crippen LogP contribution in [0.25, 0.3) is 0 Å². The zero-order valence-electron chi connectivity index (χ0n) is 7.64. The van der Waals surface area contributed by atoms with Crippen LogP contribution in [0.2, 0.25) is 0 Å². The predicted molar refractivity (Wildman–Crippen MR) is 49.0 cm³/mol. The summed E-state index contributed by atoms with van der Waals surface area (Å²) >= 11 is 0.692. The summed E-state index contributed by atoms with van der Waals surface area (Å²) in [5, 5.41) is -0.781. The van der Waals surface area contributed by atoms with E-state index in [0.29, 0.717) is 29.2 Å². The molecule has 1 aromatic heterocycles. The first-order chi connectivity index (χ1) is 6.43. The van der Waals surface area contributed by atoms with Crippen LogP contribution in [-0.2, 0) is 12.6 Å². The van der Waals surface area contributed by atoms with Gasteiger partial charge in [-0.25, -0.2) is 4.98 Å². The topological polar surface area (TPSA) is 38.9 Å². The summed E-state index contributed by atoms with van der Waals surface area (Å²) in [6.07, 6.45) is -2.49. The largest absolute Gasteiger partial charge is 0.443 e. The molecule has 0 radical (unpaired) electrons. The average Bonchev–Trinajstić information content (AvgIpc) is 2.51. The van der Waals surface area contributed by atoms with Crippen LogP contribution in [-0.4, -0.2) is 11.5 Å². The van der Waals surface area contributed by atoms with Gasteiger partial charge >= 0.3 is 6.18 Å². The van der Waals surface area contributed by atoms with Crippen LogP contribution in [0.1, 0.15) is 16.8 Å². The molecule has 1 unspecified atom stereocenters. The second-order valence-electron chi connectivity index (χ2n) is 3.17. The van der Waals surface area contributed by atoms with E-state index < -0.39 is 11.2 Å². The molecule has 1 aromatic rings. The molecule has 0 saturated heterocycles. The number of aromatic nitrogens is 1. The van der Waals surface area contributed by atoms with E-state index in [1.807, 2.05) is 6.92 Å². The Bertz CT molecular complexity index is 295. The Morgan fingerprint density at radius 3 is 2.64 bits per heavy atom. The lowest BCUT2D eigenvalue weighted by atomic mass is 10.1. The SMILES string of the molecule is CC(CN)Cc1cnc(C(F)(F)F)s1. The van der Waals surface area contributed by atoms with Gasteiger partial charge in [0.05, 0.1) is 0 Å². The standard InChI is InChI=1S/C8H11F3N2S/c1-5(3-12)2-6-4-13-7(14-6)8(9,10)11/h4-5H,2-3,12H2,1H3. The van der Waals surface area contributed by atoms with Crippen molar-refractivity contribution in [3.8, 4) is 0 Å². The molecule has 1 rings (SSSR count). The number of thiazole rings is 1. The van der Waals surface area contributed by atoms with Crippen LogP contribution >= 0.6 is 11.3 Å². The highest BCUT2D eigenvalue weighted by molar-refractivity contribution is 7.11. The van der Waals surface area contributed by atoms with E-state index in [4.69, 9.17) is 5.73 Å². The van der Waals surface area contributed by atoms with E-state index in [9.17, 15) is 13.2 Å². The van der Waals surface area contributed by atoms with E-state index in [1.54, 1.807) is 0 Å². The van der Waals surface area contributed by atoms with Crippen LogP contribution in [0, 0.1) is 5.92 Å². The van der Waals surface area contributed by atoms with E-state index >= 15 is 0 Å². The Balaban J connectivity index is 2.69. The van der Waals surface area contributed by atoms with Crippen molar-refractivity contribution < 1.29 is 13.2 Å². The molecule has 0 spiro atoms. The van der Waals surface area contributed by atoms with Crippen molar-refractivity contribution in [3.05, 3.63) is 16.1 Å². The molecule has 1 atom stereocenters. The van der Waals surface area contributed by atoms with Crippen molar-refractivity contribution in [2.45, 2.75) is 19.5 Å². The Morgan fingerprint density at radius 2 is 2.21 bits per heavy atom. The highest BCUT2D eigenvalue weighted by Crippen LogP contribution is 2.32. The summed E-state index contributed by atoms with van der Waals surface area (Å²) in [6.45, 7) is 2.37. The Hall–Kier alpha value is -0.620. The first kappa shape index (κ1) is 11.5. The maximum absolute atomic E-state index is 12.1. The second-order valence-corrected chi connectivity index (χ2v) is 4.29. The van der Waals surface area contributed by atoms with Crippen LogP contribution < -0.4 is 5.73 Å². The summed E-state index contributed by atoms with van der Waals surface area (Å²) < 4.78 is 36.4. The number of rotatable bonds is 3. The number of alkyl halides is 3. The molecule has 0 fully saturated rings. The third kappa shape index (κ3) is 2.95. The van der Waals surface area contributed by atoms with Crippen molar-refractivity contribution in [3.63, 3.8) is 0 Å². The average molecular weight is 224 g/mol. The van der Waals surface area contributed by atoms with Crippen LogP contribution in [0.5, 0.6) is 0 Å². The van der Waals surface area contributed by atoms with Crippen molar-refractivity contribution >= 4 is 11.3 Å². The van der Waals surface area contributed by atoms with Gasteiger partial charge in [0.15, 0.2) is 5.01 Å². The zero-order chi connectivity index (χ0) is 10.8. The van der Waals surface area contributed by atoms with E-state index in [-0.39, 0.29) is 5.92 Å². The molecule has 0 saturated carbocycles. The number of nitrogens with zero attached hydrogens (tertiary/aromatic N) is 1. The molecule has 2 N–H and O–H groups in total. The van der Waals surface area contributed by atoms with Gasteiger partial charge in [-0.1, -0.05) is 6.92 Å². The van der Waals surface area contributed by atoms with Gasteiger partial charge in [0, 0.05) is 11.1 Å². The molecule has 1 heterocycles. The number of hydrogen-bond donors (Lipinski definition) is 1. The highest BCUT2D eigenvalue weighted by Gasteiger charge is 2.34. The smallest absolute Gasteiger partial charge is 0.330 e. The minimum Gasteiger partial charge on any atom is -0.330 e. The first-order valence-electron chi connectivity index (χ1n) is 4.15. The molecule has 14 heavy (non-hydrogen) atoms. The quantitative estimate of drug-likeness (QED) is 0.855. The van der Waals surface area contributed by atoms with Crippen molar-refractivity contribution in [1.29, 1.82) is 0 Å². The van der Waals surface area contributed by atoms with Gasteiger partial charge < -0.3 is 5.73 Å². The van der Waals surface area contributed by atoms with E-state index in [0.717, 1.165) is 0 Å². The summed E-state index contributed by atoms with van der Waals surface area (Å²) in [5.41, 5.74) is 5.37. The molecule has 0 aliphatic heterocycles. The summed E-state index contributed by atoms with van der Waals surface area (Å²) in [7, 11) is 0. The fraction of sp³-hybridized carbons (Fsp3) is 0.625.